The van der Waals surface area contributed by atoms with E-state index >= 15 is 0 Å². The number of aromatic nitrogens is 1. The van der Waals surface area contributed by atoms with Crippen LogP contribution in [0.1, 0.15) is 16.7 Å². The molecule has 3 aromatic carbocycles. The highest BCUT2D eigenvalue weighted by Gasteiger charge is 2.23. The second-order valence-corrected chi connectivity index (χ2v) is 7.72. The van der Waals surface area contributed by atoms with E-state index in [0.717, 1.165) is 0 Å². The lowest BCUT2D eigenvalue weighted by Gasteiger charge is -2.08. The van der Waals surface area contributed by atoms with Crippen molar-refractivity contribution < 1.29 is 19.6 Å². The third kappa shape index (κ3) is 4.23. The molecule has 0 radical (unpaired) electrons. The molecule has 3 amide bonds. The van der Waals surface area contributed by atoms with E-state index in [4.69, 9.17) is 4.99 Å². The number of nitrogens with one attached hydrogen (secondary N) is 3. The number of H-pyrrole nitrogens is 1. The van der Waals surface area contributed by atoms with Gasteiger partial charge in [0.05, 0.1) is 21.9 Å². The number of nitrogens with zero attached hydrogens (tertiary/aromatic N) is 2. The second-order valence-electron chi connectivity index (χ2n) is 7.72. The minimum Gasteiger partial charge on any atom is -0.494 e. The summed E-state index contributed by atoms with van der Waals surface area (Å²) in [7, 11) is 0. The molecule has 2 heterocycles. The van der Waals surface area contributed by atoms with Gasteiger partial charge in [-0.3, -0.25) is 20.2 Å². The number of non-ortho nitro benzene ring substituents is 1. The highest BCUT2D eigenvalue weighted by atomic mass is 16.6. The molecule has 4 N–H and O–H groups in total. The number of carbonyl (C=O) groups excluding carboxylic acids is 2. The van der Waals surface area contributed by atoms with E-state index in [1.165, 1.54) is 24.3 Å². The van der Waals surface area contributed by atoms with E-state index in [1.54, 1.807) is 24.3 Å². The molecular formula is C25H17N5O5. The number of urea groups is 1. The van der Waals surface area contributed by atoms with Gasteiger partial charge in [-0.1, -0.05) is 42.5 Å². The third-order valence-corrected chi connectivity index (χ3v) is 5.40. The van der Waals surface area contributed by atoms with Crippen LogP contribution in [-0.4, -0.2) is 32.7 Å². The van der Waals surface area contributed by atoms with Gasteiger partial charge in [0.15, 0.2) is 5.88 Å². The molecule has 10 heteroatoms. The number of rotatable bonds is 5. The molecule has 1 aliphatic rings. The first-order valence-electron chi connectivity index (χ1n) is 10.5. The molecule has 1 fully saturated rings. The van der Waals surface area contributed by atoms with Crippen molar-refractivity contribution in [2.75, 3.05) is 0 Å². The zero-order valence-corrected chi connectivity index (χ0v) is 18.0. The van der Waals surface area contributed by atoms with Crippen LogP contribution in [0, 0.1) is 10.1 Å². The first-order chi connectivity index (χ1) is 16.9. The maximum Gasteiger partial charge on any atom is 0.326 e. The number of nitro groups is 1. The van der Waals surface area contributed by atoms with Crippen molar-refractivity contribution in [1.29, 1.82) is 0 Å². The molecule has 172 valence electrons. The summed E-state index contributed by atoms with van der Waals surface area (Å²) < 4.78 is 0. The van der Waals surface area contributed by atoms with E-state index in [9.17, 15) is 24.8 Å². The van der Waals surface area contributed by atoms with Gasteiger partial charge in [0, 0.05) is 28.6 Å². The average Bonchev–Trinajstić information content (AvgIpc) is 3.34. The number of aromatic hydroxyl groups is 1. The molecule has 5 rings (SSSR count). The number of benzene rings is 3. The summed E-state index contributed by atoms with van der Waals surface area (Å²) in [4.78, 5) is 41.7. The topological polar surface area (TPSA) is 150 Å². The lowest BCUT2D eigenvalue weighted by atomic mass is 10.0. The highest BCUT2D eigenvalue weighted by molar-refractivity contribution is 6.22. The number of fused-ring (bicyclic) bond motifs is 1. The standard InChI is InChI=1S/C25H17N5O5/c31-23-20(28-25(33)29-23)12-14-5-4-8-16(11-14)26-22(15-6-2-1-3-7-15)21-18-13-17(30(34)35)9-10-19(18)27-24(21)32/h1-13,27,32H,(H2,28,29,31,33). The minimum absolute atomic E-state index is 0.112. The molecule has 0 atom stereocenters. The number of carbonyl (C=O) groups is 2. The van der Waals surface area contributed by atoms with Gasteiger partial charge in [-0.15, -0.1) is 0 Å². The fourth-order valence-electron chi connectivity index (χ4n) is 3.84. The summed E-state index contributed by atoms with van der Waals surface area (Å²) in [5.74, 6) is -0.703. The number of aliphatic imine (C=N–C) groups is 1. The molecule has 0 unspecified atom stereocenters. The summed E-state index contributed by atoms with van der Waals surface area (Å²) in [6.07, 6.45) is 1.52. The van der Waals surface area contributed by atoms with Gasteiger partial charge >= 0.3 is 6.03 Å². The number of nitro benzene ring substituents is 1. The number of hydrogen-bond acceptors (Lipinski definition) is 6. The van der Waals surface area contributed by atoms with E-state index < -0.39 is 16.9 Å². The van der Waals surface area contributed by atoms with Crippen LogP contribution in [0.4, 0.5) is 16.2 Å². The highest BCUT2D eigenvalue weighted by Crippen LogP contribution is 2.33. The SMILES string of the molecule is O=C1NC(=O)C(=Cc2cccc(N=C(c3ccccc3)c3c(O)[nH]c4ccc([N+](=O)[O-])cc34)c2)N1. The number of hydrogen-bond donors (Lipinski definition) is 4. The van der Waals surface area contributed by atoms with Gasteiger partial charge in [-0.05, 0) is 29.8 Å². The Hall–Kier alpha value is -5.25. The number of aromatic amines is 1. The van der Waals surface area contributed by atoms with E-state index in [1.807, 2.05) is 30.3 Å². The fourth-order valence-corrected chi connectivity index (χ4v) is 3.84. The summed E-state index contributed by atoms with van der Waals surface area (Å²) in [6.45, 7) is 0. The Morgan fingerprint density at radius 3 is 2.49 bits per heavy atom. The van der Waals surface area contributed by atoms with Gasteiger partial charge in [0.25, 0.3) is 11.6 Å². The molecule has 0 bridgehead atoms. The van der Waals surface area contributed by atoms with Crippen LogP contribution in [0.2, 0.25) is 0 Å². The van der Waals surface area contributed by atoms with E-state index in [-0.39, 0.29) is 17.3 Å². The van der Waals surface area contributed by atoms with Crippen molar-refractivity contribution >= 4 is 46.0 Å². The fraction of sp³-hybridized carbons (Fsp3) is 0. The normalized spacial score (nSPS) is 14.9. The van der Waals surface area contributed by atoms with Crippen LogP contribution in [0.15, 0.2) is 83.5 Å². The van der Waals surface area contributed by atoms with Gasteiger partial charge in [-0.2, -0.15) is 0 Å². The van der Waals surface area contributed by atoms with E-state index in [0.29, 0.717) is 39.0 Å². The lowest BCUT2D eigenvalue weighted by Crippen LogP contribution is -2.22. The van der Waals surface area contributed by atoms with Gasteiger partial charge in [-0.25, -0.2) is 9.79 Å². The largest absolute Gasteiger partial charge is 0.494 e. The smallest absolute Gasteiger partial charge is 0.326 e. The summed E-state index contributed by atoms with van der Waals surface area (Å²) in [5.41, 5.74) is 3.03. The zero-order chi connectivity index (χ0) is 24.5. The lowest BCUT2D eigenvalue weighted by molar-refractivity contribution is -0.384. The van der Waals surface area contributed by atoms with Crippen molar-refractivity contribution in [3.63, 3.8) is 0 Å². The second kappa shape index (κ2) is 8.60. The van der Waals surface area contributed by atoms with Crippen molar-refractivity contribution in [2.45, 2.75) is 0 Å². The minimum atomic E-state index is -0.592. The molecule has 10 nitrogen and oxygen atoms in total. The van der Waals surface area contributed by atoms with Crippen molar-refractivity contribution in [3.8, 4) is 5.88 Å². The molecule has 1 aromatic heterocycles. The van der Waals surface area contributed by atoms with Crippen LogP contribution in [0.5, 0.6) is 5.88 Å². The monoisotopic (exact) mass is 467 g/mol. The van der Waals surface area contributed by atoms with Crippen LogP contribution >= 0.6 is 0 Å². The Morgan fingerprint density at radius 2 is 1.77 bits per heavy atom. The molecule has 0 spiro atoms. The average molecular weight is 467 g/mol. The van der Waals surface area contributed by atoms with Crippen molar-refractivity contribution in [2.24, 2.45) is 4.99 Å². The molecule has 35 heavy (non-hydrogen) atoms. The Balaban J connectivity index is 1.67. The zero-order valence-electron chi connectivity index (χ0n) is 18.0. The quantitative estimate of drug-likeness (QED) is 0.114. The van der Waals surface area contributed by atoms with E-state index in [2.05, 4.69) is 15.6 Å². The van der Waals surface area contributed by atoms with Gasteiger partial charge < -0.3 is 15.4 Å². The Bertz CT molecular complexity index is 1570. The summed E-state index contributed by atoms with van der Waals surface area (Å²) in [5, 5.41) is 27.2. The summed E-state index contributed by atoms with van der Waals surface area (Å²) >= 11 is 0. The first-order valence-corrected chi connectivity index (χ1v) is 10.5. The third-order valence-electron chi connectivity index (χ3n) is 5.40. The molecule has 0 aliphatic carbocycles. The van der Waals surface area contributed by atoms with Crippen LogP contribution in [-0.2, 0) is 4.79 Å². The Labute approximate surface area is 197 Å². The van der Waals surface area contributed by atoms with Crippen molar-refractivity contribution in [3.05, 3.63) is 105 Å². The van der Waals surface area contributed by atoms with Gasteiger partial charge in [0.1, 0.15) is 5.70 Å². The molecular weight excluding hydrogens is 450 g/mol. The molecule has 4 aromatic rings. The predicted molar refractivity (Wildman–Crippen MR) is 129 cm³/mol. The first kappa shape index (κ1) is 21.6. The maximum atomic E-state index is 11.9. The molecule has 0 saturated carbocycles. The summed E-state index contributed by atoms with van der Waals surface area (Å²) in [6, 6.07) is 19.8. The van der Waals surface area contributed by atoms with Crippen LogP contribution < -0.4 is 10.6 Å². The predicted octanol–water partition coefficient (Wildman–Crippen LogP) is 4.13. The number of imide groups is 1. The Morgan fingerprint density at radius 1 is 0.971 bits per heavy atom. The van der Waals surface area contributed by atoms with Crippen LogP contribution in [0.25, 0.3) is 17.0 Å². The van der Waals surface area contributed by atoms with Crippen molar-refractivity contribution in [1.82, 2.24) is 15.6 Å². The molecule has 1 saturated heterocycles. The molecule has 1 aliphatic heterocycles. The number of amides is 3. The Kier molecular flexibility index (Phi) is 5.30. The van der Waals surface area contributed by atoms with Gasteiger partial charge in [0.2, 0.25) is 0 Å². The van der Waals surface area contributed by atoms with Crippen LogP contribution in [0.3, 0.4) is 0 Å². The maximum absolute atomic E-state index is 11.9.